The van der Waals surface area contributed by atoms with Gasteiger partial charge in [0.05, 0.1) is 0 Å². The maximum absolute atomic E-state index is 12.4. The molecule has 0 radical (unpaired) electrons. The zero-order valence-electron chi connectivity index (χ0n) is 14.9. The van der Waals surface area contributed by atoms with Crippen molar-refractivity contribution in [2.75, 3.05) is 38.0 Å². The van der Waals surface area contributed by atoms with Crippen molar-refractivity contribution >= 4 is 11.7 Å². The van der Waals surface area contributed by atoms with Gasteiger partial charge in [-0.15, -0.1) is 10.2 Å². The molecule has 6 nitrogen and oxygen atoms in total. The van der Waals surface area contributed by atoms with E-state index in [-0.39, 0.29) is 5.91 Å². The Labute approximate surface area is 154 Å². The first-order valence-corrected chi connectivity index (χ1v) is 9.41. The Morgan fingerprint density at radius 2 is 1.88 bits per heavy atom. The number of carbonyl (C=O) groups is 1. The van der Waals surface area contributed by atoms with Crippen LogP contribution in [0.1, 0.15) is 22.5 Å². The molecule has 1 aliphatic carbocycles. The first kappa shape index (κ1) is 17.0. The van der Waals surface area contributed by atoms with Crippen molar-refractivity contribution in [1.82, 2.24) is 20.4 Å². The van der Waals surface area contributed by atoms with Gasteiger partial charge in [-0.1, -0.05) is 30.3 Å². The second kappa shape index (κ2) is 7.83. The third-order valence-electron chi connectivity index (χ3n) is 5.24. The molecule has 1 aromatic carbocycles. The highest BCUT2D eigenvalue weighted by atomic mass is 16.2. The van der Waals surface area contributed by atoms with Crippen LogP contribution >= 0.6 is 0 Å². The summed E-state index contributed by atoms with van der Waals surface area (Å²) in [5.41, 5.74) is 1.83. The summed E-state index contributed by atoms with van der Waals surface area (Å²) in [5.74, 6) is 2.16. The van der Waals surface area contributed by atoms with E-state index in [4.69, 9.17) is 0 Å². The van der Waals surface area contributed by atoms with Crippen LogP contribution in [0.2, 0.25) is 0 Å². The lowest BCUT2D eigenvalue weighted by atomic mass is 10.1. The Balaban J connectivity index is 1.24. The van der Waals surface area contributed by atoms with Gasteiger partial charge in [0.1, 0.15) is 5.82 Å². The fourth-order valence-electron chi connectivity index (χ4n) is 3.53. The van der Waals surface area contributed by atoms with Crippen molar-refractivity contribution in [3.8, 4) is 0 Å². The molecule has 2 aliphatic rings. The number of rotatable bonds is 6. The van der Waals surface area contributed by atoms with E-state index in [2.05, 4.69) is 51.2 Å². The highest BCUT2D eigenvalue weighted by Crippen LogP contribution is 2.40. The molecule has 4 rings (SSSR count). The average molecular weight is 351 g/mol. The molecule has 1 amide bonds. The van der Waals surface area contributed by atoms with Crippen LogP contribution in [0.5, 0.6) is 0 Å². The molecule has 0 unspecified atom stereocenters. The van der Waals surface area contributed by atoms with E-state index in [9.17, 15) is 4.79 Å². The Morgan fingerprint density at radius 1 is 1.08 bits per heavy atom. The van der Waals surface area contributed by atoms with Crippen LogP contribution in [0.25, 0.3) is 0 Å². The fourth-order valence-corrected chi connectivity index (χ4v) is 3.53. The van der Waals surface area contributed by atoms with Crippen LogP contribution in [0.15, 0.2) is 42.5 Å². The minimum atomic E-state index is -0.0318. The summed E-state index contributed by atoms with van der Waals surface area (Å²) in [6, 6.07) is 14.3. The van der Waals surface area contributed by atoms with Crippen molar-refractivity contribution in [2.24, 2.45) is 11.8 Å². The molecule has 2 fully saturated rings. The first-order valence-electron chi connectivity index (χ1n) is 9.41. The van der Waals surface area contributed by atoms with E-state index in [0.29, 0.717) is 11.6 Å². The summed E-state index contributed by atoms with van der Waals surface area (Å²) in [4.78, 5) is 14.2. The summed E-state index contributed by atoms with van der Waals surface area (Å²) in [5, 5.41) is 14.9. The lowest BCUT2D eigenvalue weighted by Gasteiger charge is -2.26. The fraction of sp³-hybridized carbons (Fsp3) is 0.450. The summed E-state index contributed by atoms with van der Waals surface area (Å²) < 4.78 is 0. The third-order valence-corrected chi connectivity index (χ3v) is 5.24. The van der Waals surface area contributed by atoms with Crippen LogP contribution in [0.3, 0.4) is 0 Å². The predicted molar refractivity (Wildman–Crippen MR) is 101 cm³/mol. The zero-order chi connectivity index (χ0) is 17.8. The number of carbonyl (C=O) groups excluding carboxylic acids is 1. The molecule has 2 aromatic rings. The summed E-state index contributed by atoms with van der Waals surface area (Å²) in [6.07, 6.45) is 2.41. The van der Waals surface area contributed by atoms with Crippen molar-refractivity contribution in [2.45, 2.75) is 12.8 Å². The molecule has 1 saturated carbocycles. The van der Waals surface area contributed by atoms with Crippen LogP contribution in [0, 0.1) is 11.8 Å². The van der Waals surface area contributed by atoms with Gasteiger partial charge in [0.25, 0.3) is 5.91 Å². The van der Waals surface area contributed by atoms with E-state index in [1.807, 2.05) is 11.0 Å². The smallest absolute Gasteiger partial charge is 0.274 e. The highest BCUT2D eigenvalue weighted by Gasteiger charge is 2.36. The van der Waals surface area contributed by atoms with Gasteiger partial charge in [0, 0.05) is 32.7 Å². The number of hydrogen-bond acceptors (Lipinski definition) is 5. The van der Waals surface area contributed by atoms with Gasteiger partial charge in [0.15, 0.2) is 5.69 Å². The lowest BCUT2D eigenvalue weighted by molar-refractivity contribution is 0.0728. The van der Waals surface area contributed by atoms with Gasteiger partial charge in [-0.25, -0.2) is 0 Å². The topological polar surface area (TPSA) is 70.2 Å². The predicted octanol–water partition coefficient (Wildman–Crippen LogP) is 1.81. The second-order valence-corrected chi connectivity index (χ2v) is 7.17. The molecule has 136 valence electrons. The SMILES string of the molecule is O=C(c1ccc(NC[C@@H]2C[C@H]2Cc2ccccc2)nn1)N1CCNCC1. The van der Waals surface area contributed by atoms with Gasteiger partial charge in [-0.05, 0) is 42.4 Å². The van der Waals surface area contributed by atoms with Crippen LogP contribution in [-0.4, -0.2) is 53.7 Å². The van der Waals surface area contributed by atoms with Gasteiger partial charge in [-0.3, -0.25) is 4.79 Å². The van der Waals surface area contributed by atoms with E-state index < -0.39 is 0 Å². The Bertz CT molecular complexity index is 728. The Kier molecular flexibility index (Phi) is 5.11. The zero-order valence-corrected chi connectivity index (χ0v) is 14.9. The molecule has 1 aromatic heterocycles. The van der Waals surface area contributed by atoms with Crippen molar-refractivity contribution in [3.63, 3.8) is 0 Å². The van der Waals surface area contributed by atoms with E-state index in [0.717, 1.165) is 50.9 Å². The van der Waals surface area contributed by atoms with Crippen molar-refractivity contribution < 1.29 is 4.79 Å². The first-order chi connectivity index (χ1) is 12.8. The van der Waals surface area contributed by atoms with Crippen LogP contribution in [0.4, 0.5) is 5.82 Å². The molecule has 6 heteroatoms. The molecule has 2 atom stereocenters. The normalized spacial score (nSPS) is 22.1. The third kappa shape index (κ3) is 4.19. The monoisotopic (exact) mass is 351 g/mol. The second-order valence-electron chi connectivity index (χ2n) is 7.17. The van der Waals surface area contributed by atoms with Gasteiger partial charge >= 0.3 is 0 Å². The quantitative estimate of drug-likeness (QED) is 0.831. The molecular formula is C20H25N5O. The number of nitrogens with zero attached hydrogens (tertiary/aromatic N) is 3. The molecule has 0 spiro atoms. The van der Waals surface area contributed by atoms with Crippen molar-refractivity contribution in [3.05, 3.63) is 53.7 Å². The minimum Gasteiger partial charge on any atom is -0.368 e. The molecule has 1 saturated heterocycles. The van der Waals surface area contributed by atoms with E-state index >= 15 is 0 Å². The minimum absolute atomic E-state index is 0.0318. The Morgan fingerprint density at radius 3 is 2.62 bits per heavy atom. The van der Waals surface area contributed by atoms with Gasteiger partial charge < -0.3 is 15.5 Å². The van der Waals surface area contributed by atoms with Gasteiger partial charge in [-0.2, -0.15) is 0 Å². The summed E-state index contributed by atoms with van der Waals surface area (Å²) >= 11 is 0. The maximum atomic E-state index is 12.4. The molecule has 1 aliphatic heterocycles. The molecular weight excluding hydrogens is 326 g/mol. The number of aromatic nitrogens is 2. The lowest BCUT2D eigenvalue weighted by Crippen LogP contribution is -2.46. The summed E-state index contributed by atoms with van der Waals surface area (Å²) in [6.45, 7) is 4.04. The number of nitrogens with one attached hydrogen (secondary N) is 2. The Hall–Kier alpha value is -2.47. The number of anilines is 1. The van der Waals surface area contributed by atoms with Crippen LogP contribution < -0.4 is 10.6 Å². The largest absolute Gasteiger partial charge is 0.368 e. The number of amides is 1. The standard InChI is InChI=1S/C20H25N5O/c26-20(25-10-8-21-9-11-25)18-6-7-19(24-23-18)22-14-17-13-16(17)12-15-4-2-1-3-5-15/h1-7,16-17,21H,8-14H2,(H,22,24)/t16-,17+/m1/s1. The number of hydrogen-bond donors (Lipinski definition) is 2. The molecule has 2 heterocycles. The van der Waals surface area contributed by atoms with Crippen molar-refractivity contribution in [1.29, 1.82) is 0 Å². The number of piperazine rings is 1. The number of benzene rings is 1. The average Bonchev–Trinajstić information content (AvgIpc) is 3.45. The highest BCUT2D eigenvalue weighted by molar-refractivity contribution is 5.92. The van der Waals surface area contributed by atoms with Gasteiger partial charge in [0.2, 0.25) is 0 Å². The summed E-state index contributed by atoms with van der Waals surface area (Å²) in [7, 11) is 0. The molecule has 2 N–H and O–H groups in total. The molecule has 26 heavy (non-hydrogen) atoms. The molecule has 0 bridgehead atoms. The maximum Gasteiger partial charge on any atom is 0.274 e. The van der Waals surface area contributed by atoms with Crippen LogP contribution in [-0.2, 0) is 6.42 Å². The van der Waals surface area contributed by atoms with E-state index in [1.165, 1.54) is 12.0 Å². The van der Waals surface area contributed by atoms with E-state index in [1.54, 1.807) is 6.07 Å².